The summed E-state index contributed by atoms with van der Waals surface area (Å²) in [5.41, 5.74) is 43.3. The zero-order chi connectivity index (χ0) is 74.6. The number of alkyl halides is 2. The molecule has 6 aromatic carbocycles. The zero-order valence-corrected chi connectivity index (χ0v) is 58.0. The second kappa shape index (κ2) is 33.3. The molecule has 0 spiro atoms. The van der Waals surface area contributed by atoms with E-state index >= 15 is 0 Å². The standard InChI is InChI=1S/C27H32FN5O2.C25H30FN5O2.C23H24F3N5O3/c1-16-8-13-21(28)14-22(16)27(35)31-15-18-9-11-20(12-10-18)24-23(26(30)34)25(29)33(32-24)17(2)19-6-4-3-5-7-19;1-14-6-11-18(26)12-19(14)24(33)29-13-16-7-9-17(10-8-16)21-20(23(28)32)22(27)31(30-21)15(2)25(3,4)5;1-12-2-7-15(24)10-16(12)23(34)29-11-13-3-5-14(6-4-13)19-18(22(28)33)21(27)31(30-19)17(8-9-32)20(25)26/h8-14,17,19H,3-7,15,29H2,1-2H3,(H2,30,34)(H,31,35);6-12,15H,13,27H2,1-5H3,(H2,28,32)(H,29,33);2-7,10,17,20,32H,8-9,11,27H2,1H3,(H2,28,33)(H,29,34). The van der Waals surface area contributed by atoms with E-state index in [0.29, 0.717) is 67.6 Å². The average molecular weight is 1400 g/mol. The summed E-state index contributed by atoms with van der Waals surface area (Å²) in [6.45, 7) is 15.6. The van der Waals surface area contributed by atoms with Crippen molar-refractivity contribution in [3.63, 3.8) is 0 Å². The second-order valence-corrected chi connectivity index (χ2v) is 26.4. The highest BCUT2D eigenvalue weighted by Crippen LogP contribution is 2.39. The molecule has 0 saturated heterocycles. The van der Waals surface area contributed by atoms with E-state index in [1.165, 1.54) is 55.7 Å². The van der Waals surface area contributed by atoms with Crippen LogP contribution in [0.1, 0.15) is 187 Å². The normalized spacial score (nSPS) is 13.2. The van der Waals surface area contributed by atoms with Gasteiger partial charge >= 0.3 is 0 Å². The molecule has 0 aliphatic heterocycles. The summed E-state index contributed by atoms with van der Waals surface area (Å²) in [6.07, 6.45) is 2.70. The number of primary amides is 3. The number of nitrogens with one attached hydrogen (secondary N) is 3. The molecule has 16 N–H and O–H groups in total. The number of hydrogen-bond acceptors (Lipinski definition) is 13. The molecule has 10 rings (SSSR count). The van der Waals surface area contributed by atoms with Crippen molar-refractivity contribution < 1.29 is 55.8 Å². The van der Waals surface area contributed by atoms with Gasteiger partial charge in [-0.2, -0.15) is 15.3 Å². The van der Waals surface area contributed by atoms with Gasteiger partial charge in [-0.3, -0.25) is 28.8 Å². The summed E-state index contributed by atoms with van der Waals surface area (Å²) < 4.78 is 71.6. The summed E-state index contributed by atoms with van der Waals surface area (Å²) in [7, 11) is 0. The lowest BCUT2D eigenvalue weighted by Crippen LogP contribution is -2.24. The van der Waals surface area contributed by atoms with Crippen molar-refractivity contribution in [3.05, 3.63) is 212 Å². The number of hydrogen-bond donors (Lipinski definition) is 10. The molecule has 1 saturated carbocycles. The summed E-state index contributed by atoms with van der Waals surface area (Å²) in [6, 6.07) is 31.7. The molecule has 538 valence electrons. The van der Waals surface area contributed by atoms with Crippen LogP contribution in [0.5, 0.6) is 0 Å². The number of nitrogens with two attached hydrogens (primary N) is 6. The highest BCUT2D eigenvalue weighted by molar-refractivity contribution is 6.05. The van der Waals surface area contributed by atoms with Gasteiger partial charge in [0.2, 0.25) is 0 Å². The number of aliphatic hydroxyl groups is 1. The number of carbonyl (C=O) groups excluding carboxylic acids is 6. The molecular weight excluding hydrogens is 1320 g/mol. The molecule has 3 unspecified atom stereocenters. The van der Waals surface area contributed by atoms with E-state index in [-0.39, 0.29) is 95.0 Å². The van der Waals surface area contributed by atoms with Gasteiger partial charge in [0.15, 0.2) is 0 Å². The Balaban J connectivity index is 0.000000194. The van der Waals surface area contributed by atoms with Gasteiger partial charge in [0.25, 0.3) is 41.9 Å². The van der Waals surface area contributed by atoms with Crippen LogP contribution in [0.2, 0.25) is 0 Å². The molecular formula is C75H86F5N15O7. The Bertz CT molecular complexity index is 4520. The van der Waals surface area contributed by atoms with Gasteiger partial charge in [-0.15, -0.1) is 0 Å². The largest absolute Gasteiger partial charge is 0.396 e. The highest BCUT2D eigenvalue weighted by atomic mass is 19.3. The second-order valence-electron chi connectivity index (χ2n) is 26.4. The quantitative estimate of drug-likeness (QED) is 0.0282. The molecule has 9 aromatic rings. The van der Waals surface area contributed by atoms with E-state index in [4.69, 9.17) is 44.6 Å². The number of benzene rings is 6. The third-order valence-electron chi connectivity index (χ3n) is 18.3. The van der Waals surface area contributed by atoms with Crippen LogP contribution in [0.3, 0.4) is 0 Å². The Kier molecular flexibility index (Phi) is 25.0. The molecule has 0 bridgehead atoms. The van der Waals surface area contributed by atoms with Crippen molar-refractivity contribution in [2.45, 2.75) is 138 Å². The monoisotopic (exact) mass is 1400 g/mol. The summed E-state index contributed by atoms with van der Waals surface area (Å²) in [4.78, 5) is 73.7. The number of aryl methyl sites for hydroxylation is 3. The molecule has 3 heterocycles. The molecule has 0 radical (unpaired) electrons. The van der Waals surface area contributed by atoms with Crippen molar-refractivity contribution >= 4 is 52.9 Å². The molecule has 1 aliphatic rings. The van der Waals surface area contributed by atoms with Crippen LogP contribution in [0.4, 0.5) is 39.4 Å². The Morgan fingerprint density at radius 3 is 1.13 bits per heavy atom. The molecule has 6 amide bonds. The van der Waals surface area contributed by atoms with Gasteiger partial charge in [0.05, 0.1) is 12.1 Å². The number of carbonyl (C=O) groups is 6. The van der Waals surface area contributed by atoms with E-state index in [1.54, 1.807) is 78.7 Å². The van der Waals surface area contributed by atoms with Crippen molar-refractivity contribution in [1.82, 2.24) is 45.3 Å². The van der Waals surface area contributed by atoms with E-state index in [2.05, 4.69) is 53.8 Å². The minimum Gasteiger partial charge on any atom is -0.396 e. The molecule has 1 aliphatic carbocycles. The lowest BCUT2D eigenvalue weighted by molar-refractivity contribution is 0.0623. The summed E-state index contributed by atoms with van der Waals surface area (Å²) in [5.74, 6) is -4.06. The minimum atomic E-state index is -2.88. The van der Waals surface area contributed by atoms with E-state index in [1.807, 2.05) is 43.3 Å². The van der Waals surface area contributed by atoms with Crippen molar-refractivity contribution in [2.24, 2.45) is 28.5 Å². The maximum atomic E-state index is 13.5. The number of halogens is 5. The van der Waals surface area contributed by atoms with E-state index < -0.39 is 60.2 Å². The fourth-order valence-electron chi connectivity index (χ4n) is 11.9. The summed E-state index contributed by atoms with van der Waals surface area (Å²) in [5, 5.41) is 30.9. The zero-order valence-electron chi connectivity index (χ0n) is 58.0. The van der Waals surface area contributed by atoms with E-state index in [9.17, 15) is 50.7 Å². The molecule has 1 fully saturated rings. The maximum Gasteiger partial charge on any atom is 0.260 e. The van der Waals surface area contributed by atoms with Gasteiger partial charge in [-0.25, -0.2) is 36.0 Å². The van der Waals surface area contributed by atoms with Gasteiger partial charge < -0.3 is 55.5 Å². The number of nitrogens with zero attached hydrogens (tertiary/aromatic N) is 6. The van der Waals surface area contributed by atoms with Crippen LogP contribution in [0.15, 0.2) is 127 Å². The first-order valence-corrected chi connectivity index (χ1v) is 33.1. The lowest BCUT2D eigenvalue weighted by Gasteiger charge is -2.28. The Hall–Kier alpha value is -11.2. The van der Waals surface area contributed by atoms with Crippen LogP contribution in [-0.4, -0.2) is 82.9 Å². The fraction of sp³-hybridized carbons (Fsp3) is 0.320. The fourth-order valence-corrected chi connectivity index (χ4v) is 11.9. The van der Waals surface area contributed by atoms with Gasteiger partial charge in [0, 0.05) is 59.6 Å². The Morgan fingerprint density at radius 2 is 0.814 bits per heavy atom. The smallest absolute Gasteiger partial charge is 0.260 e. The molecule has 27 heteroatoms. The number of anilines is 3. The Labute approximate surface area is 587 Å². The van der Waals surface area contributed by atoms with Crippen LogP contribution in [0.25, 0.3) is 33.8 Å². The molecule has 22 nitrogen and oxygen atoms in total. The number of aromatic nitrogens is 6. The number of rotatable bonds is 22. The maximum absolute atomic E-state index is 13.5. The van der Waals surface area contributed by atoms with Crippen LogP contribution in [-0.2, 0) is 19.6 Å². The third kappa shape index (κ3) is 18.2. The van der Waals surface area contributed by atoms with Crippen molar-refractivity contribution in [2.75, 3.05) is 23.8 Å². The molecule has 3 atom stereocenters. The topological polar surface area (TPSA) is 368 Å². The third-order valence-corrected chi connectivity index (χ3v) is 18.3. The van der Waals surface area contributed by atoms with Crippen molar-refractivity contribution in [3.8, 4) is 33.8 Å². The first kappa shape index (κ1) is 76.5. The summed E-state index contributed by atoms with van der Waals surface area (Å²) >= 11 is 0. The number of aliphatic hydroxyl groups excluding tert-OH is 1. The van der Waals surface area contributed by atoms with Crippen LogP contribution in [0, 0.1) is 49.6 Å². The number of amides is 6. The number of nitrogen functional groups attached to an aromatic ring is 3. The minimum absolute atomic E-state index is 0.0274. The lowest BCUT2D eigenvalue weighted by atomic mass is 9.84. The van der Waals surface area contributed by atoms with Crippen molar-refractivity contribution in [1.29, 1.82) is 0 Å². The Morgan fingerprint density at radius 1 is 0.500 bits per heavy atom. The van der Waals surface area contributed by atoms with E-state index in [0.717, 1.165) is 40.3 Å². The average Bonchev–Trinajstić information content (AvgIpc) is 1.64. The van der Waals surface area contributed by atoms with Crippen LogP contribution >= 0.6 is 0 Å². The van der Waals surface area contributed by atoms with Gasteiger partial charge in [0.1, 0.15) is 74.7 Å². The SMILES string of the molecule is Cc1ccc(F)cc1C(=O)NCc1ccc(-c2nn(C(C)C(C)(C)C)c(N)c2C(N)=O)cc1.Cc1ccc(F)cc1C(=O)NCc1ccc(-c2nn(C(C)C3CCCCC3)c(N)c2C(N)=O)cc1.Cc1ccc(F)cc1C(=O)NCc1ccc(-c2nn(C(CCO)C(F)F)c(N)c2C(N)=O)cc1. The molecule has 102 heavy (non-hydrogen) atoms. The predicted octanol–water partition coefficient (Wildman–Crippen LogP) is 11.8. The predicted molar refractivity (Wildman–Crippen MR) is 381 cm³/mol. The molecule has 3 aromatic heterocycles. The first-order chi connectivity index (χ1) is 48.3. The van der Waals surface area contributed by atoms with Crippen LogP contribution < -0.4 is 50.4 Å². The van der Waals surface area contributed by atoms with Gasteiger partial charge in [-0.05, 0) is 135 Å². The van der Waals surface area contributed by atoms with Gasteiger partial charge in [-0.1, -0.05) is 131 Å². The highest BCUT2D eigenvalue weighted by Gasteiger charge is 2.33. The first-order valence-electron chi connectivity index (χ1n) is 33.1.